The van der Waals surface area contributed by atoms with Gasteiger partial charge in [-0.05, 0) is 101 Å². The molecule has 5 aromatic carbocycles. The number of hydrogen-bond donors (Lipinski definition) is 0. The molecule has 1 unspecified atom stereocenters. The van der Waals surface area contributed by atoms with E-state index in [2.05, 4.69) is 129 Å². The van der Waals surface area contributed by atoms with Crippen LogP contribution in [-0.4, -0.2) is 7.11 Å². The molecule has 0 aromatic heterocycles. The Morgan fingerprint density at radius 2 is 1.22 bits per heavy atom. The van der Waals surface area contributed by atoms with Crippen molar-refractivity contribution >= 4 is 17.1 Å². The Balaban J connectivity index is 1.70. The van der Waals surface area contributed by atoms with Crippen molar-refractivity contribution in [1.29, 1.82) is 0 Å². The number of aryl methyl sites for hydroxylation is 3. The molecule has 0 saturated heterocycles. The summed E-state index contributed by atoms with van der Waals surface area (Å²) in [6, 6.07) is 38.0. The minimum atomic E-state index is -0.442. The lowest BCUT2D eigenvalue weighted by molar-refractivity contribution is 0.410. The third kappa shape index (κ3) is 2.81. The smallest absolute Gasteiger partial charge is 0.122 e. The summed E-state index contributed by atoms with van der Waals surface area (Å²) < 4.78 is 5.94. The molecule has 37 heavy (non-hydrogen) atoms. The van der Waals surface area contributed by atoms with Crippen LogP contribution in [-0.2, 0) is 5.41 Å². The molecule has 0 saturated carbocycles. The van der Waals surface area contributed by atoms with Crippen LogP contribution in [0.4, 0.5) is 17.1 Å². The molecule has 0 radical (unpaired) electrons. The van der Waals surface area contributed by atoms with Crippen LogP contribution >= 0.6 is 0 Å². The minimum Gasteiger partial charge on any atom is -0.496 e. The van der Waals surface area contributed by atoms with E-state index >= 15 is 0 Å². The number of anilines is 3. The zero-order valence-electron chi connectivity index (χ0n) is 21.7. The summed E-state index contributed by atoms with van der Waals surface area (Å²) in [6.45, 7) is 6.59. The van der Waals surface area contributed by atoms with E-state index in [0.717, 1.165) is 17.0 Å². The zero-order chi connectivity index (χ0) is 25.3. The minimum absolute atomic E-state index is 0.442. The number of methoxy groups -OCH3 is 1. The summed E-state index contributed by atoms with van der Waals surface area (Å²) in [7, 11) is 1.77. The fourth-order valence-electron chi connectivity index (χ4n) is 6.61. The summed E-state index contributed by atoms with van der Waals surface area (Å²) in [5.41, 5.74) is 14.8. The molecule has 0 N–H and O–H groups in total. The first-order chi connectivity index (χ1) is 18.1. The van der Waals surface area contributed by atoms with Gasteiger partial charge in [0.25, 0.3) is 0 Å². The largest absolute Gasteiger partial charge is 0.496 e. The van der Waals surface area contributed by atoms with Gasteiger partial charge in [0.15, 0.2) is 0 Å². The zero-order valence-corrected chi connectivity index (χ0v) is 21.7. The molecule has 5 aromatic rings. The molecule has 2 nitrogen and oxygen atoms in total. The summed E-state index contributed by atoms with van der Waals surface area (Å²) in [6.07, 6.45) is 0. The number of para-hydroxylation sites is 2. The molecule has 2 aliphatic rings. The predicted molar refractivity (Wildman–Crippen MR) is 153 cm³/mol. The second-order valence-corrected chi connectivity index (χ2v) is 10.3. The number of fused-ring (bicyclic) bond motifs is 9. The van der Waals surface area contributed by atoms with Crippen molar-refractivity contribution in [2.45, 2.75) is 26.2 Å². The molecule has 1 heterocycles. The van der Waals surface area contributed by atoms with Crippen LogP contribution in [0.3, 0.4) is 0 Å². The van der Waals surface area contributed by atoms with E-state index in [4.69, 9.17) is 4.74 Å². The lowest BCUT2D eigenvalue weighted by Crippen LogP contribution is -2.36. The van der Waals surface area contributed by atoms with E-state index in [1.807, 2.05) is 0 Å². The molecule has 1 atom stereocenters. The maximum atomic E-state index is 5.94. The van der Waals surface area contributed by atoms with Crippen molar-refractivity contribution in [3.63, 3.8) is 0 Å². The maximum Gasteiger partial charge on any atom is 0.122 e. The van der Waals surface area contributed by atoms with Crippen molar-refractivity contribution in [1.82, 2.24) is 0 Å². The topological polar surface area (TPSA) is 12.5 Å². The molecular weight excluding hydrogens is 450 g/mol. The third-order valence-electron chi connectivity index (χ3n) is 8.38. The fraction of sp³-hybridized carbons (Fsp3) is 0.143. The Labute approximate surface area is 218 Å². The first kappa shape index (κ1) is 21.9. The van der Waals surface area contributed by atoms with Crippen LogP contribution in [0.2, 0.25) is 0 Å². The number of rotatable bonds is 2. The lowest BCUT2D eigenvalue weighted by Gasteiger charge is -2.45. The van der Waals surface area contributed by atoms with Gasteiger partial charge in [-0.15, -0.1) is 0 Å². The van der Waals surface area contributed by atoms with Crippen molar-refractivity contribution in [2.24, 2.45) is 0 Å². The number of ether oxygens (including phenoxy) is 1. The number of benzene rings is 5. The highest BCUT2D eigenvalue weighted by molar-refractivity contribution is 5.96. The summed E-state index contributed by atoms with van der Waals surface area (Å²) >= 11 is 0. The Hall–Kier alpha value is -4.30. The van der Waals surface area contributed by atoms with Crippen LogP contribution < -0.4 is 9.64 Å². The SMILES string of the molecule is COc1cc2c(cc1C)N(c1ccccc1)c1ccccc1C21c2ccccc2-c2cc(C)c(C)cc21. The second-order valence-electron chi connectivity index (χ2n) is 10.3. The van der Waals surface area contributed by atoms with Gasteiger partial charge < -0.3 is 9.64 Å². The monoisotopic (exact) mass is 479 g/mol. The molecule has 7 rings (SSSR count). The van der Waals surface area contributed by atoms with E-state index in [9.17, 15) is 0 Å². The quantitative estimate of drug-likeness (QED) is 0.246. The van der Waals surface area contributed by atoms with Crippen molar-refractivity contribution in [3.8, 4) is 16.9 Å². The van der Waals surface area contributed by atoms with Gasteiger partial charge in [-0.1, -0.05) is 72.8 Å². The van der Waals surface area contributed by atoms with Crippen LogP contribution in [0.15, 0.2) is 103 Å². The standard InChI is InChI=1S/C35H29NO/c1-22-18-27-26-14-8-9-15-28(26)35(30(27)19-23(22)2)29-16-10-11-17-32(29)36(25-12-6-5-7-13-25)33-20-24(3)34(37-4)21-31(33)35/h5-21H,1-4H3. The van der Waals surface area contributed by atoms with Crippen LogP contribution in [0, 0.1) is 20.8 Å². The summed E-state index contributed by atoms with van der Waals surface area (Å²) in [5, 5.41) is 0. The van der Waals surface area contributed by atoms with Gasteiger partial charge in [0.2, 0.25) is 0 Å². The van der Waals surface area contributed by atoms with Crippen LogP contribution in [0.1, 0.15) is 38.9 Å². The van der Waals surface area contributed by atoms with E-state index < -0.39 is 5.41 Å². The van der Waals surface area contributed by atoms with Gasteiger partial charge in [0, 0.05) is 5.69 Å². The van der Waals surface area contributed by atoms with Crippen molar-refractivity contribution in [3.05, 3.63) is 142 Å². The highest BCUT2D eigenvalue weighted by Gasteiger charge is 2.52. The Morgan fingerprint density at radius 3 is 2.00 bits per heavy atom. The normalized spacial score (nSPS) is 16.7. The summed E-state index contributed by atoms with van der Waals surface area (Å²) in [4.78, 5) is 2.42. The molecular formula is C35H29NO. The molecule has 180 valence electrons. The van der Waals surface area contributed by atoms with E-state index in [1.165, 1.54) is 55.9 Å². The van der Waals surface area contributed by atoms with Crippen LogP contribution in [0.25, 0.3) is 11.1 Å². The summed E-state index contributed by atoms with van der Waals surface area (Å²) in [5.74, 6) is 0.917. The Bertz CT molecular complexity index is 1700. The predicted octanol–water partition coefficient (Wildman–Crippen LogP) is 8.77. The van der Waals surface area contributed by atoms with Crippen molar-refractivity contribution in [2.75, 3.05) is 12.0 Å². The highest BCUT2D eigenvalue weighted by atomic mass is 16.5. The van der Waals surface area contributed by atoms with Gasteiger partial charge in [-0.2, -0.15) is 0 Å². The van der Waals surface area contributed by atoms with Crippen LogP contribution in [0.5, 0.6) is 5.75 Å². The molecule has 2 heteroatoms. The van der Waals surface area contributed by atoms with E-state index in [1.54, 1.807) is 7.11 Å². The van der Waals surface area contributed by atoms with Crippen molar-refractivity contribution < 1.29 is 4.74 Å². The van der Waals surface area contributed by atoms with Gasteiger partial charge in [-0.3, -0.25) is 0 Å². The second kappa shape index (κ2) is 7.85. The first-order valence-electron chi connectivity index (χ1n) is 12.9. The molecule has 0 amide bonds. The van der Waals surface area contributed by atoms with Gasteiger partial charge >= 0.3 is 0 Å². The van der Waals surface area contributed by atoms with E-state index in [0.29, 0.717) is 0 Å². The Kier molecular flexibility index (Phi) is 4.65. The van der Waals surface area contributed by atoms with Gasteiger partial charge in [0.05, 0.1) is 23.9 Å². The first-order valence-corrected chi connectivity index (χ1v) is 12.9. The maximum absolute atomic E-state index is 5.94. The Morgan fingerprint density at radius 1 is 0.541 bits per heavy atom. The van der Waals surface area contributed by atoms with Gasteiger partial charge in [0.1, 0.15) is 5.75 Å². The number of hydrogen-bond acceptors (Lipinski definition) is 2. The molecule has 1 aliphatic heterocycles. The molecule has 1 aliphatic carbocycles. The van der Waals surface area contributed by atoms with Gasteiger partial charge in [-0.25, -0.2) is 0 Å². The number of nitrogens with zero attached hydrogens (tertiary/aromatic N) is 1. The van der Waals surface area contributed by atoms with E-state index in [-0.39, 0.29) is 0 Å². The third-order valence-corrected chi connectivity index (χ3v) is 8.38. The fourth-order valence-corrected chi connectivity index (χ4v) is 6.61. The molecule has 0 bridgehead atoms. The highest BCUT2D eigenvalue weighted by Crippen LogP contribution is 2.64. The lowest BCUT2D eigenvalue weighted by atomic mass is 9.64. The average molecular weight is 480 g/mol. The molecule has 0 fully saturated rings. The average Bonchev–Trinajstić information content (AvgIpc) is 3.19. The molecule has 1 spiro atoms.